The predicted molar refractivity (Wildman–Crippen MR) is 68.8 cm³/mol. The summed E-state index contributed by atoms with van der Waals surface area (Å²) in [6.07, 6.45) is 8.85. The van der Waals surface area contributed by atoms with Gasteiger partial charge in [0.15, 0.2) is 0 Å². The summed E-state index contributed by atoms with van der Waals surface area (Å²) in [4.78, 5) is 4.63. The van der Waals surface area contributed by atoms with Crippen molar-refractivity contribution in [2.45, 2.75) is 64.2 Å². The smallest absolute Gasteiger partial charge is 0.0491 e. The van der Waals surface area contributed by atoms with Crippen molar-refractivity contribution in [1.29, 1.82) is 0 Å². The van der Waals surface area contributed by atoms with Gasteiger partial charge in [-0.25, -0.2) is 0 Å². The van der Waals surface area contributed by atoms with Crippen LogP contribution >= 0.6 is 0 Å². The summed E-state index contributed by atoms with van der Waals surface area (Å²) in [5, 5.41) is 0. The highest BCUT2D eigenvalue weighted by Gasteiger charge is 2.24. The average Bonchev–Trinajstić information content (AvgIpc) is 2.29. The zero-order valence-corrected chi connectivity index (χ0v) is 10.8. The van der Waals surface area contributed by atoms with Gasteiger partial charge >= 0.3 is 0 Å². The topological polar surface area (TPSA) is 12.9 Å². The number of hydrogen-bond acceptors (Lipinski definition) is 1. The van der Waals surface area contributed by atoms with E-state index >= 15 is 0 Å². The van der Waals surface area contributed by atoms with Crippen LogP contribution in [-0.4, -0.2) is 4.98 Å². The van der Waals surface area contributed by atoms with Crippen molar-refractivity contribution in [3.63, 3.8) is 0 Å². The molecule has 1 nitrogen and oxygen atoms in total. The number of rotatable bonds is 1. The van der Waals surface area contributed by atoms with Crippen LogP contribution in [0.2, 0.25) is 0 Å². The molecule has 1 aromatic rings. The van der Waals surface area contributed by atoms with Crippen LogP contribution in [0.4, 0.5) is 0 Å². The third kappa shape index (κ3) is 2.45. The third-order valence-electron chi connectivity index (χ3n) is 3.59. The van der Waals surface area contributed by atoms with Crippen LogP contribution in [0, 0.1) is 0 Å². The van der Waals surface area contributed by atoms with E-state index in [0.717, 1.165) is 5.92 Å². The predicted octanol–water partition coefficient (Wildman–Crippen LogP) is 4.43. The molecule has 1 heteroatoms. The minimum absolute atomic E-state index is 0.175. The number of pyridine rings is 1. The summed E-state index contributed by atoms with van der Waals surface area (Å²) in [6.45, 7) is 6.80. The van der Waals surface area contributed by atoms with Gasteiger partial charge in [-0.05, 0) is 30.4 Å². The van der Waals surface area contributed by atoms with Crippen LogP contribution in [-0.2, 0) is 5.41 Å². The van der Waals surface area contributed by atoms with Crippen molar-refractivity contribution in [2.24, 2.45) is 0 Å². The number of hydrogen-bond donors (Lipinski definition) is 0. The molecule has 0 saturated heterocycles. The maximum atomic E-state index is 4.63. The van der Waals surface area contributed by atoms with Crippen LogP contribution in [0.15, 0.2) is 18.3 Å². The molecule has 0 unspecified atom stereocenters. The number of nitrogens with zero attached hydrogens (tertiary/aromatic N) is 1. The van der Waals surface area contributed by atoms with Crippen molar-refractivity contribution in [1.82, 2.24) is 4.98 Å². The normalized spacial score (nSPS) is 18.7. The summed E-state index contributed by atoms with van der Waals surface area (Å²) < 4.78 is 0. The minimum atomic E-state index is 0.175. The van der Waals surface area contributed by atoms with Gasteiger partial charge < -0.3 is 0 Å². The maximum absolute atomic E-state index is 4.63. The van der Waals surface area contributed by atoms with Crippen LogP contribution in [0.1, 0.15) is 70.1 Å². The fourth-order valence-electron chi connectivity index (χ4n) is 2.79. The van der Waals surface area contributed by atoms with Crippen LogP contribution in [0.5, 0.6) is 0 Å². The highest BCUT2D eigenvalue weighted by Crippen LogP contribution is 2.37. The summed E-state index contributed by atoms with van der Waals surface area (Å²) in [5.41, 5.74) is 2.99. The fraction of sp³-hybridized carbons (Fsp3) is 0.667. The Balaban J connectivity index is 2.32. The van der Waals surface area contributed by atoms with Gasteiger partial charge in [-0.1, -0.05) is 46.1 Å². The molecule has 0 aromatic carbocycles. The van der Waals surface area contributed by atoms with E-state index in [4.69, 9.17) is 0 Å². The Labute approximate surface area is 99.3 Å². The van der Waals surface area contributed by atoms with E-state index in [1.807, 2.05) is 6.20 Å². The Kier molecular flexibility index (Phi) is 3.32. The molecule has 1 heterocycles. The van der Waals surface area contributed by atoms with Gasteiger partial charge in [-0.3, -0.25) is 4.98 Å². The van der Waals surface area contributed by atoms with Gasteiger partial charge in [0, 0.05) is 17.3 Å². The lowest BCUT2D eigenvalue weighted by Crippen LogP contribution is -2.19. The van der Waals surface area contributed by atoms with Crippen LogP contribution < -0.4 is 0 Å². The summed E-state index contributed by atoms with van der Waals surface area (Å²) >= 11 is 0. The molecule has 0 bridgehead atoms. The monoisotopic (exact) mass is 217 g/mol. The lowest BCUT2D eigenvalue weighted by molar-refractivity contribution is 0.432. The van der Waals surface area contributed by atoms with Crippen molar-refractivity contribution in [2.75, 3.05) is 0 Å². The quantitative estimate of drug-likeness (QED) is 0.678. The van der Waals surface area contributed by atoms with Crippen molar-refractivity contribution in [3.05, 3.63) is 29.6 Å². The van der Waals surface area contributed by atoms with Crippen molar-refractivity contribution in [3.8, 4) is 0 Å². The molecular formula is C15H23N. The first kappa shape index (κ1) is 11.6. The molecule has 0 amide bonds. The van der Waals surface area contributed by atoms with E-state index in [1.165, 1.54) is 43.4 Å². The maximum Gasteiger partial charge on any atom is 0.0491 e. The van der Waals surface area contributed by atoms with Gasteiger partial charge in [0.05, 0.1) is 0 Å². The van der Waals surface area contributed by atoms with E-state index < -0.39 is 0 Å². The second-order valence-corrected chi connectivity index (χ2v) is 6.03. The molecular weight excluding hydrogens is 194 g/mol. The van der Waals surface area contributed by atoms with Gasteiger partial charge in [-0.15, -0.1) is 0 Å². The van der Waals surface area contributed by atoms with Gasteiger partial charge in [0.25, 0.3) is 0 Å². The number of aromatic nitrogens is 1. The van der Waals surface area contributed by atoms with Crippen LogP contribution in [0.25, 0.3) is 0 Å². The van der Waals surface area contributed by atoms with E-state index in [-0.39, 0.29) is 5.41 Å². The van der Waals surface area contributed by atoms with Crippen LogP contribution in [0.3, 0.4) is 0 Å². The Morgan fingerprint density at radius 3 is 2.44 bits per heavy atom. The van der Waals surface area contributed by atoms with Gasteiger partial charge in [0.1, 0.15) is 0 Å². The molecule has 0 aliphatic heterocycles. The second-order valence-electron chi connectivity index (χ2n) is 6.03. The van der Waals surface area contributed by atoms with E-state index in [1.54, 1.807) is 0 Å². The zero-order valence-electron chi connectivity index (χ0n) is 10.8. The molecule has 2 rings (SSSR count). The lowest BCUT2D eigenvalue weighted by atomic mass is 9.78. The average molecular weight is 217 g/mol. The Bertz CT molecular complexity index is 343. The highest BCUT2D eigenvalue weighted by atomic mass is 14.7. The summed E-state index contributed by atoms with van der Waals surface area (Å²) in [7, 11) is 0. The molecule has 1 fully saturated rings. The molecule has 0 radical (unpaired) electrons. The van der Waals surface area contributed by atoms with Crippen molar-refractivity contribution >= 4 is 0 Å². The second kappa shape index (κ2) is 4.57. The Morgan fingerprint density at radius 2 is 1.81 bits per heavy atom. The Hall–Kier alpha value is -0.850. The van der Waals surface area contributed by atoms with E-state index in [0.29, 0.717) is 0 Å². The van der Waals surface area contributed by atoms with E-state index in [2.05, 4.69) is 37.9 Å². The molecule has 1 aliphatic rings. The molecule has 16 heavy (non-hydrogen) atoms. The van der Waals surface area contributed by atoms with Crippen molar-refractivity contribution < 1.29 is 0 Å². The molecule has 1 aromatic heterocycles. The van der Waals surface area contributed by atoms with Gasteiger partial charge in [0.2, 0.25) is 0 Å². The standard InChI is InChI=1S/C15H23N/c1-15(2,3)14-13(10-7-11-16-14)12-8-5-4-6-9-12/h7,10-12H,4-6,8-9H2,1-3H3. The molecule has 1 saturated carbocycles. The molecule has 88 valence electrons. The minimum Gasteiger partial charge on any atom is -0.260 e. The molecule has 0 atom stereocenters. The highest BCUT2D eigenvalue weighted by molar-refractivity contribution is 5.29. The zero-order chi connectivity index (χ0) is 11.6. The van der Waals surface area contributed by atoms with Gasteiger partial charge in [-0.2, -0.15) is 0 Å². The molecule has 1 aliphatic carbocycles. The molecule has 0 N–H and O–H groups in total. The fourth-order valence-corrected chi connectivity index (χ4v) is 2.79. The summed E-state index contributed by atoms with van der Waals surface area (Å²) in [5.74, 6) is 0.761. The Morgan fingerprint density at radius 1 is 1.12 bits per heavy atom. The molecule has 0 spiro atoms. The first-order valence-electron chi connectivity index (χ1n) is 6.54. The van der Waals surface area contributed by atoms with E-state index in [9.17, 15) is 0 Å². The lowest BCUT2D eigenvalue weighted by Gasteiger charge is -2.28. The third-order valence-corrected chi connectivity index (χ3v) is 3.59. The largest absolute Gasteiger partial charge is 0.260 e. The first-order valence-corrected chi connectivity index (χ1v) is 6.54. The first-order chi connectivity index (χ1) is 7.59. The summed E-state index contributed by atoms with van der Waals surface area (Å²) in [6, 6.07) is 4.39. The SMILES string of the molecule is CC(C)(C)c1ncccc1C1CCCCC1.